The Bertz CT molecular complexity index is 393. The van der Waals surface area contributed by atoms with E-state index in [0.29, 0.717) is 6.04 Å². The monoisotopic (exact) mass is 247 g/mol. The Kier molecular flexibility index (Phi) is 4.31. The second-order valence-electron chi connectivity index (χ2n) is 5.09. The highest BCUT2D eigenvalue weighted by Gasteiger charge is 2.25. The van der Waals surface area contributed by atoms with Crippen molar-refractivity contribution in [3.8, 4) is 0 Å². The van der Waals surface area contributed by atoms with Gasteiger partial charge in [-0.15, -0.1) is 0 Å². The summed E-state index contributed by atoms with van der Waals surface area (Å²) < 4.78 is 0. The van der Waals surface area contributed by atoms with Gasteiger partial charge in [-0.25, -0.2) is 0 Å². The largest absolute Gasteiger partial charge is 0.349 e. The van der Waals surface area contributed by atoms with Crippen molar-refractivity contribution in [3.63, 3.8) is 0 Å². The maximum atomic E-state index is 12.2. The minimum atomic E-state index is 0.0244. The van der Waals surface area contributed by atoms with Gasteiger partial charge in [0.1, 0.15) is 0 Å². The highest BCUT2D eigenvalue weighted by Crippen LogP contribution is 2.18. The van der Waals surface area contributed by atoms with Gasteiger partial charge < -0.3 is 10.6 Å². The van der Waals surface area contributed by atoms with E-state index in [-0.39, 0.29) is 17.9 Å². The molecule has 1 aromatic rings. The summed E-state index contributed by atoms with van der Waals surface area (Å²) in [5.41, 5.74) is 1.05. The van der Waals surface area contributed by atoms with Crippen molar-refractivity contribution < 1.29 is 4.79 Å². The van der Waals surface area contributed by atoms with Crippen LogP contribution in [-0.2, 0) is 4.79 Å². The number of nitrogens with one attached hydrogen (secondary N) is 2. The van der Waals surface area contributed by atoms with E-state index in [1.54, 1.807) is 12.4 Å². The molecule has 3 atom stereocenters. The van der Waals surface area contributed by atoms with E-state index < -0.39 is 0 Å². The number of hydrogen-bond donors (Lipinski definition) is 2. The molecule has 98 valence electrons. The van der Waals surface area contributed by atoms with Gasteiger partial charge in [0.05, 0.1) is 6.04 Å². The number of carbonyl (C=O) groups excluding carboxylic acids is 1. The molecule has 18 heavy (non-hydrogen) atoms. The number of nitrogens with zero attached hydrogens (tertiary/aromatic N) is 1. The zero-order chi connectivity index (χ0) is 13.0. The number of hydrogen-bond acceptors (Lipinski definition) is 3. The second-order valence-corrected chi connectivity index (χ2v) is 5.09. The molecular formula is C14H21N3O. The maximum Gasteiger partial charge on any atom is 0.223 e. The average Bonchev–Trinajstić information content (AvgIpc) is 2.39. The molecule has 4 nitrogen and oxygen atoms in total. The predicted molar refractivity (Wildman–Crippen MR) is 71.0 cm³/mol. The number of piperidine rings is 1. The second kappa shape index (κ2) is 5.96. The van der Waals surface area contributed by atoms with E-state index >= 15 is 0 Å². The number of amides is 1. The van der Waals surface area contributed by atoms with E-state index in [9.17, 15) is 4.79 Å². The first-order chi connectivity index (χ1) is 8.66. The van der Waals surface area contributed by atoms with Crippen molar-refractivity contribution in [1.82, 2.24) is 15.6 Å². The van der Waals surface area contributed by atoms with E-state index in [1.165, 1.54) is 0 Å². The van der Waals surface area contributed by atoms with Crippen molar-refractivity contribution in [2.75, 3.05) is 6.54 Å². The Morgan fingerprint density at radius 3 is 3.11 bits per heavy atom. The molecule has 1 saturated heterocycles. The lowest BCUT2D eigenvalue weighted by Gasteiger charge is -2.28. The van der Waals surface area contributed by atoms with Crippen LogP contribution in [0, 0.1) is 5.92 Å². The van der Waals surface area contributed by atoms with Crippen LogP contribution in [0.3, 0.4) is 0 Å². The summed E-state index contributed by atoms with van der Waals surface area (Å²) >= 11 is 0. The third kappa shape index (κ3) is 3.29. The molecule has 2 heterocycles. The van der Waals surface area contributed by atoms with Crippen LogP contribution in [0.5, 0.6) is 0 Å². The molecule has 0 aromatic carbocycles. The van der Waals surface area contributed by atoms with Crippen LogP contribution < -0.4 is 10.6 Å². The lowest BCUT2D eigenvalue weighted by atomic mass is 9.92. The molecule has 1 aliphatic rings. The molecule has 1 aliphatic heterocycles. The molecule has 2 unspecified atom stereocenters. The van der Waals surface area contributed by atoms with Gasteiger partial charge in [0.15, 0.2) is 0 Å². The molecule has 2 rings (SSSR count). The van der Waals surface area contributed by atoms with Crippen molar-refractivity contribution in [3.05, 3.63) is 30.1 Å². The lowest BCUT2D eigenvalue weighted by molar-refractivity contribution is -0.126. The molecule has 0 aliphatic carbocycles. The molecule has 1 fully saturated rings. The lowest BCUT2D eigenvalue weighted by Crippen LogP contribution is -2.42. The summed E-state index contributed by atoms with van der Waals surface area (Å²) in [5, 5.41) is 6.44. The Morgan fingerprint density at radius 2 is 2.44 bits per heavy atom. The molecule has 1 amide bonds. The summed E-state index contributed by atoms with van der Waals surface area (Å²) in [6, 6.07) is 4.34. The van der Waals surface area contributed by atoms with Crippen LogP contribution in [0.25, 0.3) is 0 Å². The van der Waals surface area contributed by atoms with E-state index in [0.717, 1.165) is 24.9 Å². The molecule has 0 saturated carbocycles. The minimum absolute atomic E-state index is 0.0244. The first-order valence-corrected chi connectivity index (χ1v) is 6.60. The highest BCUT2D eigenvalue weighted by molar-refractivity contribution is 5.79. The zero-order valence-electron chi connectivity index (χ0n) is 11.0. The van der Waals surface area contributed by atoms with Crippen molar-refractivity contribution in [2.45, 2.75) is 38.8 Å². The van der Waals surface area contributed by atoms with Gasteiger partial charge in [0, 0.05) is 24.4 Å². The van der Waals surface area contributed by atoms with Gasteiger partial charge >= 0.3 is 0 Å². The quantitative estimate of drug-likeness (QED) is 0.854. The van der Waals surface area contributed by atoms with Crippen LogP contribution in [0.2, 0.25) is 0 Å². The SMILES string of the molecule is CC1CC(C(=O)N[C@H](C)c2cccnc2)CCN1. The van der Waals surface area contributed by atoms with Gasteiger partial charge in [0.2, 0.25) is 5.91 Å². The number of rotatable bonds is 3. The van der Waals surface area contributed by atoms with Crippen LogP contribution in [-0.4, -0.2) is 23.5 Å². The first-order valence-electron chi connectivity index (χ1n) is 6.60. The maximum absolute atomic E-state index is 12.2. The molecular weight excluding hydrogens is 226 g/mol. The molecule has 0 spiro atoms. The Balaban J connectivity index is 1.91. The highest BCUT2D eigenvalue weighted by atomic mass is 16.1. The average molecular weight is 247 g/mol. The van der Waals surface area contributed by atoms with Crippen molar-refractivity contribution in [2.24, 2.45) is 5.92 Å². The summed E-state index contributed by atoms with van der Waals surface area (Å²) in [5.74, 6) is 0.306. The van der Waals surface area contributed by atoms with Gasteiger partial charge in [-0.3, -0.25) is 9.78 Å². The topological polar surface area (TPSA) is 54.0 Å². The Morgan fingerprint density at radius 1 is 1.61 bits per heavy atom. The van der Waals surface area contributed by atoms with Crippen LogP contribution in [0.4, 0.5) is 0 Å². The summed E-state index contributed by atoms with van der Waals surface area (Å²) in [7, 11) is 0. The summed E-state index contributed by atoms with van der Waals surface area (Å²) in [4.78, 5) is 16.2. The Labute approximate surface area is 108 Å². The molecule has 2 N–H and O–H groups in total. The molecule has 0 radical (unpaired) electrons. The number of aromatic nitrogens is 1. The van der Waals surface area contributed by atoms with Crippen molar-refractivity contribution >= 4 is 5.91 Å². The van der Waals surface area contributed by atoms with Crippen LogP contribution in [0.15, 0.2) is 24.5 Å². The fourth-order valence-electron chi connectivity index (χ4n) is 2.42. The fraction of sp³-hybridized carbons (Fsp3) is 0.571. The minimum Gasteiger partial charge on any atom is -0.349 e. The summed E-state index contributed by atoms with van der Waals surface area (Å²) in [6.07, 6.45) is 5.39. The molecule has 4 heteroatoms. The van der Waals surface area contributed by atoms with Gasteiger partial charge in [-0.1, -0.05) is 6.07 Å². The third-order valence-electron chi connectivity index (χ3n) is 3.54. The van der Waals surface area contributed by atoms with Crippen LogP contribution >= 0.6 is 0 Å². The van der Waals surface area contributed by atoms with E-state index in [2.05, 4.69) is 22.5 Å². The van der Waals surface area contributed by atoms with Crippen LogP contribution in [0.1, 0.15) is 38.3 Å². The number of pyridine rings is 1. The summed E-state index contributed by atoms with van der Waals surface area (Å²) in [6.45, 7) is 5.06. The third-order valence-corrected chi connectivity index (χ3v) is 3.54. The normalized spacial score (nSPS) is 25.4. The van der Waals surface area contributed by atoms with Crippen molar-refractivity contribution in [1.29, 1.82) is 0 Å². The van der Waals surface area contributed by atoms with E-state index in [1.807, 2.05) is 19.1 Å². The Hall–Kier alpha value is -1.42. The fourth-order valence-corrected chi connectivity index (χ4v) is 2.42. The standard InChI is InChI=1S/C14H21N3O/c1-10-8-12(5-7-16-10)14(18)17-11(2)13-4-3-6-15-9-13/h3-4,6,9-12,16H,5,7-8H2,1-2H3,(H,17,18)/t10?,11-,12?/m1/s1. The molecule has 0 bridgehead atoms. The van der Waals surface area contributed by atoms with E-state index in [4.69, 9.17) is 0 Å². The predicted octanol–water partition coefficient (Wildman–Crippen LogP) is 1.65. The van der Waals surface area contributed by atoms with Gasteiger partial charge in [-0.2, -0.15) is 0 Å². The zero-order valence-corrected chi connectivity index (χ0v) is 11.0. The van der Waals surface area contributed by atoms with Gasteiger partial charge in [0.25, 0.3) is 0 Å². The molecule has 1 aromatic heterocycles. The first kappa shape index (κ1) is 13.0. The van der Waals surface area contributed by atoms with Gasteiger partial charge in [-0.05, 0) is 44.9 Å². The number of carbonyl (C=O) groups is 1. The smallest absolute Gasteiger partial charge is 0.223 e.